The van der Waals surface area contributed by atoms with E-state index in [4.69, 9.17) is 5.11 Å². The van der Waals surface area contributed by atoms with Crippen molar-refractivity contribution in [3.8, 4) is 0 Å². The Morgan fingerprint density at radius 2 is 1.95 bits per heavy atom. The number of carboxylic acid groups (broad SMARTS) is 1. The summed E-state index contributed by atoms with van der Waals surface area (Å²) in [6, 6.07) is -0.144. The average Bonchev–Trinajstić information content (AvgIpc) is 2.42. The van der Waals surface area contributed by atoms with Crippen LogP contribution in [0.5, 0.6) is 0 Å². The third-order valence-electron chi connectivity index (χ3n) is 4.08. The van der Waals surface area contributed by atoms with Crippen LogP contribution in [0.15, 0.2) is 0 Å². The van der Waals surface area contributed by atoms with E-state index >= 15 is 0 Å². The number of rotatable bonds is 7. The molecular formula is C14H26N2O3S. The second kappa shape index (κ2) is 8.39. The summed E-state index contributed by atoms with van der Waals surface area (Å²) in [6.45, 7) is 0.646. The number of thioether (sulfide) groups is 1. The van der Waals surface area contributed by atoms with E-state index in [9.17, 15) is 9.59 Å². The molecule has 116 valence electrons. The van der Waals surface area contributed by atoms with Gasteiger partial charge in [0.05, 0.1) is 12.0 Å². The lowest BCUT2D eigenvalue weighted by Crippen LogP contribution is -2.55. The van der Waals surface area contributed by atoms with Gasteiger partial charge < -0.3 is 15.3 Å². The lowest BCUT2D eigenvalue weighted by molar-refractivity contribution is -0.140. The average molecular weight is 302 g/mol. The molecule has 20 heavy (non-hydrogen) atoms. The molecule has 0 aromatic carbocycles. The third-order valence-corrected chi connectivity index (χ3v) is 4.78. The molecule has 0 saturated heterocycles. The molecule has 0 radical (unpaired) electrons. The van der Waals surface area contributed by atoms with Crippen LogP contribution in [-0.4, -0.2) is 53.1 Å². The van der Waals surface area contributed by atoms with Crippen LogP contribution in [0.3, 0.4) is 0 Å². The molecule has 0 aliphatic heterocycles. The van der Waals surface area contributed by atoms with Gasteiger partial charge in [-0.25, -0.2) is 4.79 Å². The van der Waals surface area contributed by atoms with Gasteiger partial charge in [-0.3, -0.25) is 4.79 Å². The van der Waals surface area contributed by atoms with Gasteiger partial charge in [-0.05, 0) is 31.3 Å². The number of nitrogens with zero attached hydrogens (tertiary/aromatic N) is 1. The van der Waals surface area contributed by atoms with Crippen LogP contribution in [0.2, 0.25) is 0 Å². The second-order valence-electron chi connectivity index (χ2n) is 5.49. The van der Waals surface area contributed by atoms with Gasteiger partial charge in [0.25, 0.3) is 0 Å². The van der Waals surface area contributed by atoms with E-state index in [0.717, 1.165) is 44.3 Å². The Kier molecular flexibility index (Phi) is 7.19. The lowest BCUT2D eigenvalue weighted by Gasteiger charge is -2.43. The predicted octanol–water partition coefficient (Wildman–Crippen LogP) is 2.56. The number of hydrogen-bond acceptors (Lipinski definition) is 3. The molecule has 1 fully saturated rings. The fraction of sp³-hybridized carbons (Fsp3) is 0.857. The van der Waals surface area contributed by atoms with Crippen molar-refractivity contribution in [3.05, 3.63) is 0 Å². The SMILES string of the molecule is CSCCCNC(=O)N(C)C1(CC(=O)O)CCCCC1. The molecule has 1 aliphatic rings. The topological polar surface area (TPSA) is 69.6 Å². The highest BCUT2D eigenvalue weighted by atomic mass is 32.2. The number of aliphatic carboxylic acids is 1. The van der Waals surface area contributed by atoms with E-state index in [1.807, 2.05) is 6.26 Å². The van der Waals surface area contributed by atoms with Crippen molar-refractivity contribution in [2.75, 3.05) is 25.6 Å². The molecule has 0 unspecified atom stereocenters. The summed E-state index contributed by atoms with van der Waals surface area (Å²) in [6.07, 6.45) is 7.72. The molecule has 0 heterocycles. The summed E-state index contributed by atoms with van der Waals surface area (Å²) in [5.74, 6) is 0.193. The number of amides is 2. The van der Waals surface area contributed by atoms with Gasteiger partial charge in [0.15, 0.2) is 0 Å². The van der Waals surface area contributed by atoms with Crippen LogP contribution in [0.1, 0.15) is 44.9 Å². The van der Waals surface area contributed by atoms with Crippen molar-refractivity contribution in [1.29, 1.82) is 0 Å². The first-order valence-corrected chi connectivity index (χ1v) is 8.63. The maximum Gasteiger partial charge on any atom is 0.317 e. The molecule has 5 nitrogen and oxygen atoms in total. The van der Waals surface area contributed by atoms with Crippen molar-refractivity contribution >= 4 is 23.8 Å². The van der Waals surface area contributed by atoms with Crippen LogP contribution in [-0.2, 0) is 4.79 Å². The molecule has 0 aromatic rings. The lowest BCUT2D eigenvalue weighted by atomic mass is 9.78. The predicted molar refractivity (Wildman–Crippen MR) is 82.2 cm³/mol. The van der Waals surface area contributed by atoms with E-state index in [0.29, 0.717) is 6.54 Å². The van der Waals surface area contributed by atoms with Gasteiger partial charge in [-0.15, -0.1) is 0 Å². The van der Waals surface area contributed by atoms with Crippen LogP contribution in [0.25, 0.3) is 0 Å². The van der Waals surface area contributed by atoms with Gasteiger partial charge in [0.2, 0.25) is 0 Å². The van der Waals surface area contributed by atoms with Crippen molar-refractivity contribution in [3.63, 3.8) is 0 Å². The first kappa shape index (κ1) is 17.1. The maximum absolute atomic E-state index is 12.2. The zero-order chi connectivity index (χ0) is 15.0. The van der Waals surface area contributed by atoms with Crippen LogP contribution < -0.4 is 5.32 Å². The highest BCUT2D eigenvalue weighted by molar-refractivity contribution is 7.98. The first-order valence-electron chi connectivity index (χ1n) is 7.24. The van der Waals surface area contributed by atoms with Crippen LogP contribution in [0, 0.1) is 0 Å². The minimum absolute atomic E-state index is 0.0434. The number of carbonyl (C=O) groups is 2. The number of nitrogens with one attached hydrogen (secondary N) is 1. The summed E-state index contributed by atoms with van der Waals surface area (Å²) in [7, 11) is 1.73. The van der Waals surface area contributed by atoms with E-state index in [2.05, 4.69) is 5.32 Å². The minimum Gasteiger partial charge on any atom is -0.481 e. The third kappa shape index (κ3) is 4.89. The Hall–Kier alpha value is -0.910. The molecule has 1 saturated carbocycles. The number of carboxylic acids is 1. The normalized spacial score (nSPS) is 17.5. The highest BCUT2D eigenvalue weighted by Gasteiger charge is 2.40. The molecule has 0 atom stereocenters. The Bertz CT molecular complexity index is 330. The maximum atomic E-state index is 12.2. The van der Waals surface area contributed by atoms with Crippen molar-refractivity contribution in [2.24, 2.45) is 0 Å². The molecule has 1 rings (SSSR count). The summed E-state index contributed by atoms with van der Waals surface area (Å²) in [5.41, 5.74) is -0.506. The van der Waals surface area contributed by atoms with Crippen LogP contribution in [0.4, 0.5) is 4.79 Å². The summed E-state index contributed by atoms with van der Waals surface area (Å²) in [5, 5.41) is 12.0. The Labute approximate surface area is 125 Å². The quantitative estimate of drug-likeness (QED) is 0.709. The van der Waals surface area contributed by atoms with E-state index in [-0.39, 0.29) is 12.5 Å². The standard InChI is InChI=1S/C14H26N2O3S/c1-16(13(19)15-9-6-10-20-2)14(11-12(17)18)7-4-3-5-8-14/h3-11H2,1-2H3,(H,15,19)(H,17,18). The smallest absolute Gasteiger partial charge is 0.317 e. The van der Waals surface area contributed by atoms with E-state index in [1.165, 1.54) is 0 Å². The fourth-order valence-electron chi connectivity index (χ4n) is 2.87. The zero-order valence-electron chi connectivity index (χ0n) is 12.5. The van der Waals surface area contributed by atoms with Crippen molar-refractivity contribution in [1.82, 2.24) is 10.2 Å². The molecule has 2 N–H and O–H groups in total. The number of hydrogen-bond donors (Lipinski definition) is 2. The zero-order valence-corrected chi connectivity index (χ0v) is 13.3. The number of urea groups is 1. The van der Waals surface area contributed by atoms with Gasteiger partial charge >= 0.3 is 12.0 Å². The summed E-state index contributed by atoms with van der Waals surface area (Å²) < 4.78 is 0. The molecule has 0 spiro atoms. The molecule has 0 aromatic heterocycles. The fourth-order valence-corrected chi connectivity index (χ4v) is 3.30. The monoisotopic (exact) mass is 302 g/mol. The van der Waals surface area contributed by atoms with Crippen molar-refractivity contribution < 1.29 is 14.7 Å². The van der Waals surface area contributed by atoms with Gasteiger partial charge in [0.1, 0.15) is 0 Å². The van der Waals surface area contributed by atoms with Crippen LogP contribution >= 0.6 is 11.8 Å². The first-order chi connectivity index (χ1) is 9.52. The van der Waals surface area contributed by atoms with Gasteiger partial charge in [-0.1, -0.05) is 19.3 Å². The largest absolute Gasteiger partial charge is 0.481 e. The minimum atomic E-state index is -0.825. The summed E-state index contributed by atoms with van der Waals surface area (Å²) in [4.78, 5) is 25.0. The van der Waals surface area contributed by atoms with Gasteiger partial charge in [-0.2, -0.15) is 11.8 Å². The number of carbonyl (C=O) groups excluding carboxylic acids is 1. The summed E-state index contributed by atoms with van der Waals surface area (Å²) >= 11 is 1.75. The highest BCUT2D eigenvalue weighted by Crippen LogP contribution is 2.35. The molecule has 1 aliphatic carbocycles. The second-order valence-corrected chi connectivity index (χ2v) is 6.48. The van der Waals surface area contributed by atoms with E-state index < -0.39 is 11.5 Å². The van der Waals surface area contributed by atoms with Gasteiger partial charge in [0, 0.05) is 13.6 Å². The molecule has 2 amide bonds. The molecule has 6 heteroatoms. The van der Waals surface area contributed by atoms with E-state index in [1.54, 1.807) is 23.7 Å². The Morgan fingerprint density at radius 1 is 1.30 bits per heavy atom. The molecule has 0 bridgehead atoms. The van der Waals surface area contributed by atoms with Crippen molar-refractivity contribution in [2.45, 2.75) is 50.5 Å². The Morgan fingerprint density at radius 3 is 2.50 bits per heavy atom. The Balaban J connectivity index is 2.60. The molecular weight excluding hydrogens is 276 g/mol.